The molecule has 1 saturated heterocycles. The Balaban J connectivity index is 1.44. The predicted molar refractivity (Wildman–Crippen MR) is 81.5 cm³/mol. The second-order valence-electron chi connectivity index (χ2n) is 6.69. The molecule has 21 heavy (non-hydrogen) atoms. The van der Waals surface area contributed by atoms with E-state index in [1.54, 1.807) is 0 Å². The van der Waals surface area contributed by atoms with Crippen molar-refractivity contribution in [3.63, 3.8) is 0 Å². The number of ether oxygens (including phenoxy) is 2. The zero-order valence-electron chi connectivity index (χ0n) is 12.5. The lowest BCUT2D eigenvalue weighted by atomic mass is 9.78. The van der Waals surface area contributed by atoms with Crippen molar-refractivity contribution in [1.82, 2.24) is 4.90 Å². The van der Waals surface area contributed by atoms with Gasteiger partial charge in [0.05, 0.1) is 0 Å². The summed E-state index contributed by atoms with van der Waals surface area (Å²) in [5.74, 6) is 3.29. The summed E-state index contributed by atoms with van der Waals surface area (Å²) < 4.78 is 11.3. The summed E-state index contributed by atoms with van der Waals surface area (Å²) in [6, 6.07) is 6.75. The molecule has 3 aliphatic rings. The number of nitrogens with two attached hydrogens (primary N) is 1. The van der Waals surface area contributed by atoms with Crippen molar-refractivity contribution in [1.29, 1.82) is 0 Å². The first-order valence-electron chi connectivity index (χ1n) is 8.16. The summed E-state index contributed by atoms with van der Waals surface area (Å²) in [5, 5.41) is 0. The highest BCUT2D eigenvalue weighted by Crippen LogP contribution is 2.37. The summed E-state index contributed by atoms with van der Waals surface area (Å²) in [6.07, 6.45) is 3.87. The van der Waals surface area contributed by atoms with E-state index < -0.39 is 0 Å². The van der Waals surface area contributed by atoms with Crippen LogP contribution in [0.5, 0.6) is 11.5 Å². The van der Waals surface area contributed by atoms with E-state index in [2.05, 4.69) is 17.0 Å². The zero-order chi connectivity index (χ0) is 14.2. The van der Waals surface area contributed by atoms with E-state index in [1.165, 1.54) is 31.4 Å². The van der Waals surface area contributed by atoms with Crippen molar-refractivity contribution in [3.05, 3.63) is 23.8 Å². The van der Waals surface area contributed by atoms with Gasteiger partial charge in [-0.05, 0) is 42.4 Å². The summed E-state index contributed by atoms with van der Waals surface area (Å²) >= 11 is 0. The van der Waals surface area contributed by atoms with Gasteiger partial charge in [0.15, 0.2) is 11.5 Å². The lowest BCUT2D eigenvalue weighted by molar-refractivity contribution is 0.171. The third-order valence-electron chi connectivity index (χ3n) is 5.24. The largest absolute Gasteiger partial charge is 0.486 e. The first kappa shape index (κ1) is 13.4. The van der Waals surface area contributed by atoms with Gasteiger partial charge in [-0.2, -0.15) is 0 Å². The Kier molecular flexibility index (Phi) is 3.51. The van der Waals surface area contributed by atoms with Crippen LogP contribution in [-0.4, -0.2) is 37.2 Å². The van der Waals surface area contributed by atoms with Gasteiger partial charge in [-0.1, -0.05) is 12.5 Å². The molecule has 2 heterocycles. The maximum absolute atomic E-state index is 6.30. The van der Waals surface area contributed by atoms with Crippen LogP contribution in [0.3, 0.4) is 0 Å². The highest BCUT2D eigenvalue weighted by Gasteiger charge is 2.38. The molecule has 2 N–H and O–H groups in total. The van der Waals surface area contributed by atoms with Crippen LogP contribution in [0.4, 0.5) is 0 Å². The van der Waals surface area contributed by atoms with Crippen molar-refractivity contribution in [2.75, 3.05) is 26.3 Å². The molecule has 4 nitrogen and oxygen atoms in total. The standard InChI is InChI=1S/C17H24N2O2/c18-15-3-1-2-13-10-19(11-14(13)15)9-12-4-5-16-17(8-12)21-7-6-20-16/h4-5,8,13-15H,1-3,6-7,9-11,18H2. The number of fused-ring (bicyclic) bond motifs is 2. The van der Waals surface area contributed by atoms with Gasteiger partial charge < -0.3 is 15.2 Å². The molecule has 1 saturated carbocycles. The monoisotopic (exact) mass is 288 g/mol. The summed E-state index contributed by atoms with van der Waals surface area (Å²) in [4.78, 5) is 2.56. The Hall–Kier alpha value is -1.26. The molecule has 3 unspecified atom stereocenters. The van der Waals surface area contributed by atoms with E-state index in [1.807, 2.05) is 6.07 Å². The fourth-order valence-electron chi connectivity index (χ4n) is 4.18. The lowest BCUT2D eigenvalue weighted by Gasteiger charge is -2.29. The summed E-state index contributed by atoms with van der Waals surface area (Å²) in [6.45, 7) is 4.66. The van der Waals surface area contributed by atoms with Crippen LogP contribution in [-0.2, 0) is 6.54 Å². The Labute approximate surface area is 126 Å². The average Bonchev–Trinajstić information content (AvgIpc) is 2.91. The Bertz CT molecular complexity index is 520. The highest BCUT2D eigenvalue weighted by atomic mass is 16.6. The van der Waals surface area contributed by atoms with Crippen LogP contribution >= 0.6 is 0 Å². The van der Waals surface area contributed by atoms with Gasteiger partial charge in [0, 0.05) is 25.7 Å². The number of nitrogens with zero attached hydrogens (tertiary/aromatic N) is 1. The van der Waals surface area contributed by atoms with Crippen molar-refractivity contribution >= 4 is 0 Å². The van der Waals surface area contributed by atoms with Crippen LogP contribution in [0.2, 0.25) is 0 Å². The second-order valence-corrected chi connectivity index (χ2v) is 6.69. The van der Waals surface area contributed by atoms with Crippen LogP contribution in [0.25, 0.3) is 0 Å². The van der Waals surface area contributed by atoms with E-state index in [9.17, 15) is 0 Å². The summed E-state index contributed by atoms with van der Waals surface area (Å²) in [5.41, 5.74) is 7.62. The molecule has 0 spiro atoms. The molecule has 2 aliphatic heterocycles. The Morgan fingerprint density at radius 2 is 1.95 bits per heavy atom. The van der Waals surface area contributed by atoms with Gasteiger partial charge in [0.2, 0.25) is 0 Å². The van der Waals surface area contributed by atoms with Gasteiger partial charge in [-0.3, -0.25) is 4.90 Å². The predicted octanol–water partition coefficient (Wildman–Crippen LogP) is 2.02. The minimum Gasteiger partial charge on any atom is -0.486 e. The molecule has 0 radical (unpaired) electrons. The number of rotatable bonds is 2. The molecule has 1 aromatic carbocycles. The van der Waals surface area contributed by atoms with E-state index in [0.717, 1.165) is 30.5 Å². The molecule has 4 heteroatoms. The first-order chi connectivity index (χ1) is 10.3. The number of hydrogen-bond donors (Lipinski definition) is 1. The molecular formula is C17H24N2O2. The van der Waals surface area contributed by atoms with Crippen LogP contribution in [0, 0.1) is 11.8 Å². The maximum Gasteiger partial charge on any atom is 0.161 e. The number of hydrogen-bond acceptors (Lipinski definition) is 4. The smallest absolute Gasteiger partial charge is 0.161 e. The van der Waals surface area contributed by atoms with Crippen LogP contribution in [0.1, 0.15) is 24.8 Å². The Morgan fingerprint density at radius 3 is 2.81 bits per heavy atom. The minimum absolute atomic E-state index is 0.411. The van der Waals surface area contributed by atoms with E-state index >= 15 is 0 Å². The molecule has 0 aromatic heterocycles. The normalized spacial score (nSPS) is 32.0. The molecule has 1 aliphatic carbocycles. The first-order valence-corrected chi connectivity index (χ1v) is 8.16. The SMILES string of the molecule is NC1CCCC2CN(Cc3ccc4c(c3)OCCO4)CC12. The highest BCUT2D eigenvalue weighted by molar-refractivity contribution is 5.43. The Morgan fingerprint density at radius 1 is 1.10 bits per heavy atom. The zero-order valence-corrected chi connectivity index (χ0v) is 12.5. The van der Waals surface area contributed by atoms with Gasteiger partial charge in [0.1, 0.15) is 13.2 Å². The van der Waals surface area contributed by atoms with Crippen LogP contribution < -0.4 is 15.2 Å². The maximum atomic E-state index is 6.30. The van der Waals surface area contributed by atoms with E-state index in [0.29, 0.717) is 25.2 Å². The molecule has 3 atom stereocenters. The topological polar surface area (TPSA) is 47.7 Å². The van der Waals surface area contributed by atoms with Crippen molar-refractivity contribution < 1.29 is 9.47 Å². The van der Waals surface area contributed by atoms with Gasteiger partial charge in [0.25, 0.3) is 0 Å². The molecule has 4 rings (SSSR count). The average molecular weight is 288 g/mol. The molecule has 1 aromatic rings. The second kappa shape index (κ2) is 5.50. The lowest BCUT2D eigenvalue weighted by Crippen LogP contribution is -2.38. The molecule has 2 fully saturated rings. The molecule has 114 valence electrons. The van der Waals surface area contributed by atoms with E-state index in [4.69, 9.17) is 15.2 Å². The number of benzene rings is 1. The fourth-order valence-corrected chi connectivity index (χ4v) is 4.18. The quantitative estimate of drug-likeness (QED) is 0.904. The van der Waals surface area contributed by atoms with Gasteiger partial charge in [-0.25, -0.2) is 0 Å². The fraction of sp³-hybridized carbons (Fsp3) is 0.647. The van der Waals surface area contributed by atoms with Crippen molar-refractivity contribution in [2.45, 2.75) is 31.8 Å². The van der Waals surface area contributed by atoms with Crippen molar-refractivity contribution in [2.24, 2.45) is 17.6 Å². The van der Waals surface area contributed by atoms with Crippen LogP contribution in [0.15, 0.2) is 18.2 Å². The van der Waals surface area contributed by atoms with E-state index in [-0.39, 0.29) is 0 Å². The summed E-state index contributed by atoms with van der Waals surface area (Å²) in [7, 11) is 0. The van der Waals surface area contributed by atoms with Gasteiger partial charge in [-0.15, -0.1) is 0 Å². The molecular weight excluding hydrogens is 264 g/mol. The number of likely N-dealkylation sites (tertiary alicyclic amines) is 1. The molecule has 0 bridgehead atoms. The third kappa shape index (κ3) is 2.62. The third-order valence-corrected chi connectivity index (χ3v) is 5.24. The van der Waals surface area contributed by atoms with Gasteiger partial charge >= 0.3 is 0 Å². The minimum atomic E-state index is 0.411. The van der Waals surface area contributed by atoms with Crippen molar-refractivity contribution in [3.8, 4) is 11.5 Å². The molecule has 0 amide bonds.